The van der Waals surface area contributed by atoms with Crippen LogP contribution >= 0.6 is 6.72 Å². The van der Waals surface area contributed by atoms with Crippen LogP contribution in [0.4, 0.5) is 0 Å². The van der Waals surface area contributed by atoms with Crippen LogP contribution in [0, 0.1) is 0 Å². The first kappa shape index (κ1) is 15.5. The van der Waals surface area contributed by atoms with Crippen LogP contribution in [-0.2, 0) is 20.9 Å². The summed E-state index contributed by atoms with van der Waals surface area (Å²) < 4.78 is 16.4. The third kappa shape index (κ3) is 4.61. The second-order valence-corrected chi connectivity index (χ2v) is 6.72. The third-order valence-corrected chi connectivity index (χ3v) is 4.36. The van der Waals surface area contributed by atoms with E-state index in [9.17, 15) is 0 Å². The molecule has 1 rings (SSSR count). The van der Waals surface area contributed by atoms with Crippen LogP contribution in [0.5, 0.6) is 5.88 Å². The molecule has 0 atom stereocenters. The zero-order valence-electron chi connectivity index (χ0n) is 11.1. The van der Waals surface area contributed by atoms with Gasteiger partial charge in [0.25, 0.3) is 0 Å². The van der Waals surface area contributed by atoms with Crippen LogP contribution in [0.3, 0.4) is 0 Å². The van der Waals surface area contributed by atoms with Crippen molar-refractivity contribution in [1.29, 1.82) is 0 Å². The van der Waals surface area contributed by atoms with Crippen molar-refractivity contribution in [2.45, 2.75) is 33.6 Å². The molecular weight excluding hydrogens is 271 g/mol. The van der Waals surface area contributed by atoms with Gasteiger partial charge in [0.05, 0.1) is 13.2 Å². The molecule has 1 aromatic heterocycles. The van der Waals surface area contributed by atoms with Gasteiger partial charge in [-0.1, -0.05) is 13.8 Å². The zero-order valence-corrected chi connectivity index (χ0v) is 12.8. The van der Waals surface area contributed by atoms with Gasteiger partial charge < -0.3 is 4.52 Å². The van der Waals surface area contributed by atoms with Crippen LogP contribution in [0.1, 0.15) is 39.4 Å². The van der Waals surface area contributed by atoms with Crippen molar-refractivity contribution in [1.82, 2.24) is 9.97 Å². The summed E-state index contributed by atoms with van der Waals surface area (Å²) in [4.78, 5) is 8.46. The minimum absolute atomic E-state index is 0.227. The van der Waals surface area contributed by atoms with Crippen LogP contribution in [-0.4, -0.2) is 23.2 Å². The molecule has 0 radical (unpaired) electrons. The molecule has 1 heterocycles. The summed E-state index contributed by atoms with van der Waals surface area (Å²) >= 11 is 5.28. The average Bonchev–Trinajstić information content (AvgIpc) is 2.29. The number of hydrogen-bond acceptors (Lipinski definition) is 6. The number of nitrogens with zero attached hydrogens (tertiary/aromatic N) is 2. The Morgan fingerprint density at radius 2 is 1.89 bits per heavy atom. The fraction of sp³-hybridized carbons (Fsp3) is 0.636. The molecule has 1 aromatic rings. The van der Waals surface area contributed by atoms with Gasteiger partial charge in [-0.15, -0.1) is 0 Å². The summed E-state index contributed by atoms with van der Waals surface area (Å²) in [6, 6.07) is 1.66. The van der Waals surface area contributed by atoms with Gasteiger partial charge in [0.15, 0.2) is 0 Å². The van der Waals surface area contributed by atoms with Crippen molar-refractivity contribution in [3.63, 3.8) is 0 Å². The molecule has 0 aliphatic carbocycles. The Morgan fingerprint density at radius 3 is 2.39 bits per heavy atom. The van der Waals surface area contributed by atoms with Crippen molar-refractivity contribution < 1.29 is 13.6 Å². The first-order valence-corrected chi connectivity index (χ1v) is 8.48. The first-order valence-electron chi connectivity index (χ1n) is 5.92. The van der Waals surface area contributed by atoms with E-state index in [1.165, 1.54) is 0 Å². The van der Waals surface area contributed by atoms with E-state index in [0.29, 0.717) is 24.9 Å². The predicted molar refractivity (Wildman–Crippen MR) is 74.3 cm³/mol. The molecule has 0 aromatic carbocycles. The molecule has 0 spiro atoms. The fourth-order valence-electron chi connectivity index (χ4n) is 1.21. The van der Waals surface area contributed by atoms with Crippen molar-refractivity contribution in [2.75, 3.05) is 13.2 Å². The Kier molecular flexibility index (Phi) is 6.15. The molecule has 0 aliphatic heterocycles. The molecule has 102 valence electrons. The average molecular weight is 290 g/mol. The molecular formula is C11H19N2O3PS. The number of hydrogen-bond donors (Lipinski definition) is 0. The molecule has 5 nitrogen and oxygen atoms in total. The molecule has 0 saturated heterocycles. The van der Waals surface area contributed by atoms with Crippen molar-refractivity contribution in [3.05, 3.63) is 18.1 Å². The minimum atomic E-state index is -2.75. The monoisotopic (exact) mass is 290 g/mol. The van der Waals surface area contributed by atoms with Gasteiger partial charge in [0.2, 0.25) is 5.88 Å². The lowest BCUT2D eigenvalue weighted by Gasteiger charge is -2.20. The maximum absolute atomic E-state index is 5.60. The van der Waals surface area contributed by atoms with Gasteiger partial charge in [-0.3, -0.25) is 9.05 Å². The molecule has 0 unspecified atom stereocenters. The smallest absolute Gasteiger partial charge is 0.381 e. The summed E-state index contributed by atoms with van der Waals surface area (Å²) in [7, 11) is 0. The van der Waals surface area contributed by atoms with E-state index < -0.39 is 6.72 Å². The van der Waals surface area contributed by atoms with E-state index in [0.717, 1.165) is 0 Å². The maximum Gasteiger partial charge on any atom is 0.381 e. The summed E-state index contributed by atoms with van der Waals surface area (Å²) in [5, 5.41) is 0. The Morgan fingerprint density at radius 1 is 1.28 bits per heavy atom. The Balaban J connectivity index is 2.87. The van der Waals surface area contributed by atoms with E-state index in [-0.39, 0.29) is 5.92 Å². The van der Waals surface area contributed by atoms with Crippen LogP contribution in [0.25, 0.3) is 0 Å². The lowest BCUT2D eigenvalue weighted by molar-refractivity contribution is 0.215. The molecule has 0 fully saturated rings. The molecule has 0 aliphatic rings. The minimum Gasteiger partial charge on any atom is -0.406 e. The third-order valence-electron chi connectivity index (χ3n) is 1.94. The van der Waals surface area contributed by atoms with Gasteiger partial charge in [0, 0.05) is 30.0 Å². The lowest BCUT2D eigenvalue weighted by atomic mass is 10.2. The van der Waals surface area contributed by atoms with Crippen LogP contribution < -0.4 is 4.52 Å². The maximum atomic E-state index is 5.60. The topological polar surface area (TPSA) is 53.5 Å². The number of aromatic nitrogens is 2. The second kappa shape index (κ2) is 7.14. The van der Waals surface area contributed by atoms with E-state index in [4.69, 9.17) is 25.4 Å². The molecule has 0 bridgehead atoms. The Hall–Kier alpha value is -0.550. The molecule has 0 N–H and O–H groups in total. The normalized spacial score (nSPS) is 11.8. The van der Waals surface area contributed by atoms with Gasteiger partial charge in [-0.2, -0.15) is 4.98 Å². The van der Waals surface area contributed by atoms with Gasteiger partial charge in [-0.05, 0) is 13.8 Å². The highest BCUT2D eigenvalue weighted by Crippen LogP contribution is 2.49. The van der Waals surface area contributed by atoms with E-state index in [1.807, 2.05) is 27.7 Å². The van der Waals surface area contributed by atoms with Crippen LogP contribution in [0.15, 0.2) is 12.3 Å². The molecule has 18 heavy (non-hydrogen) atoms. The summed E-state index contributed by atoms with van der Waals surface area (Å²) in [5.74, 6) is 1.34. The highest BCUT2D eigenvalue weighted by Gasteiger charge is 2.22. The second-order valence-electron chi connectivity index (χ2n) is 3.78. The quantitative estimate of drug-likeness (QED) is 0.718. The summed E-state index contributed by atoms with van der Waals surface area (Å²) in [5.41, 5.74) is 0. The molecule has 0 amide bonds. The van der Waals surface area contributed by atoms with E-state index in [1.54, 1.807) is 12.3 Å². The lowest BCUT2D eigenvalue weighted by Crippen LogP contribution is -2.05. The largest absolute Gasteiger partial charge is 0.406 e. The zero-order chi connectivity index (χ0) is 13.6. The van der Waals surface area contributed by atoms with E-state index >= 15 is 0 Å². The van der Waals surface area contributed by atoms with Gasteiger partial charge in [0.1, 0.15) is 5.82 Å². The molecule has 0 saturated carbocycles. The first-order chi connectivity index (χ1) is 8.50. The standard InChI is InChI=1S/C11H19N2O3PS/c1-5-14-17(18,15-6-2)16-10-7-8-12-11(13-10)9(3)4/h7-9H,5-6H2,1-4H3. The van der Waals surface area contributed by atoms with Crippen molar-refractivity contribution in [2.24, 2.45) is 0 Å². The Labute approximate surface area is 113 Å². The number of rotatable bonds is 7. The Bertz CT molecular complexity index is 419. The van der Waals surface area contributed by atoms with Gasteiger partial charge >= 0.3 is 6.72 Å². The predicted octanol–water partition coefficient (Wildman–Crippen LogP) is 3.28. The highest BCUT2D eigenvalue weighted by atomic mass is 32.5. The van der Waals surface area contributed by atoms with Crippen molar-refractivity contribution >= 4 is 18.5 Å². The summed E-state index contributed by atoms with van der Waals surface area (Å²) in [6.45, 7) is 5.87. The fourth-order valence-corrected chi connectivity index (χ4v) is 3.21. The highest BCUT2D eigenvalue weighted by molar-refractivity contribution is 8.07. The summed E-state index contributed by atoms with van der Waals surface area (Å²) in [6.07, 6.45) is 1.65. The SMILES string of the molecule is CCOP(=S)(OCC)Oc1ccnc(C(C)C)n1. The van der Waals surface area contributed by atoms with Crippen molar-refractivity contribution in [3.8, 4) is 5.88 Å². The van der Waals surface area contributed by atoms with Gasteiger partial charge in [-0.25, -0.2) is 4.98 Å². The van der Waals surface area contributed by atoms with Crippen LogP contribution in [0.2, 0.25) is 0 Å². The molecule has 7 heteroatoms. The van der Waals surface area contributed by atoms with E-state index in [2.05, 4.69) is 9.97 Å².